The summed E-state index contributed by atoms with van der Waals surface area (Å²) in [4.78, 5) is 6.47. The van der Waals surface area contributed by atoms with Crippen LogP contribution in [0.5, 0.6) is 0 Å². The Kier molecular flexibility index (Phi) is 4.73. The summed E-state index contributed by atoms with van der Waals surface area (Å²) in [6, 6.07) is 0.496. The molecule has 0 bridgehead atoms. The Bertz CT molecular complexity index is 190. The smallest absolute Gasteiger partial charge is 0.191 e. The molecule has 1 aliphatic carbocycles. The Morgan fingerprint density at radius 3 is 2.71 bits per heavy atom. The molecule has 1 fully saturated rings. The summed E-state index contributed by atoms with van der Waals surface area (Å²) in [5.74, 6) is 0.676. The highest BCUT2D eigenvalue weighted by atomic mass is 16.5. The number of guanidine groups is 1. The van der Waals surface area contributed by atoms with Crippen LogP contribution < -0.4 is 5.73 Å². The van der Waals surface area contributed by atoms with Crippen LogP contribution in [0.15, 0.2) is 4.99 Å². The van der Waals surface area contributed by atoms with Crippen molar-refractivity contribution in [2.75, 3.05) is 26.3 Å². The van der Waals surface area contributed by atoms with Gasteiger partial charge in [0.1, 0.15) is 0 Å². The molecule has 0 atom stereocenters. The van der Waals surface area contributed by atoms with Crippen molar-refractivity contribution in [1.82, 2.24) is 4.90 Å². The van der Waals surface area contributed by atoms with Gasteiger partial charge in [-0.3, -0.25) is 0 Å². The van der Waals surface area contributed by atoms with Crippen LogP contribution in [-0.2, 0) is 4.74 Å². The highest BCUT2D eigenvalue weighted by Gasteiger charge is 2.21. The van der Waals surface area contributed by atoms with Gasteiger partial charge >= 0.3 is 0 Å². The molecule has 0 aromatic rings. The SMILES string of the molecule is CCOCCN(CC)C(N)=NC1CC1. The zero-order chi connectivity index (χ0) is 10.4. The molecule has 0 aliphatic heterocycles. The van der Waals surface area contributed by atoms with Gasteiger partial charge in [0.15, 0.2) is 5.96 Å². The maximum Gasteiger partial charge on any atom is 0.191 e. The number of nitrogens with zero attached hydrogens (tertiary/aromatic N) is 2. The molecule has 0 aromatic heterocycles. The molecule has 0 aromatic carbocycles. The molecule has 1 saturated carbocycles. The molecule has 4 heteroatoms. The van der Waals surface area contributed by atoms with Gasteiger partial charge < -0.3 is 15.4 Å². The van der Waals surface area contributed by atoms with Crippen molar-refractivity contribution in [3.63, 3.8) is 0 Å². The lowest BCUT2D eigenvalue weighted by Gasteiger charge is -2.21. The molecule has 0 unspecified atom stereocenters. The summed E-state index contributed by atoms with van der Waals surface area (Å²) < 4.78 is 5.28. The molecule has 82 valence electrons. The van der Waals surface area contributed by atoms with E-state index in [9.17, 15) is 0 Å². The van der Waals surface area contributed by atoms with Crippen molar-refractivity contribution in [2.45, 2.75) is 32.7 Å². The van der Waals surface area contributed by atoms with E-state index in [-0.39, 0.29) is 0 Å². The molecule has 4 nitrogen and oxygen atoms in total. The monoisotopic (exact) mass is 199 g/mol. The van der Waals surface area contributed by atoms with Gasteiger partial charge in [0.05, 0.1) is 12.6 Å². The predicted octanol–water partition coefficient (Wildman–Crippen LogP) is 0.822. The first-order valence-electron chi connectivity index (χ1n) is 5.43. The lowest BCUT2D eigenvalue weighted by molar-refractivity contribution is 0.133. The van der Waals surface area contributed by atoms with Crippen LogP contribution in [0.3, 0.4) is 0 Å². The van der Waals surface area contributed by atoms with Gasteiger partial charge in [0.25, 0.3) is 0 Å². The Labute approximate surface area is 86.1 Å². The van der Waals surface area contributed by atoms with Gasteiger partial charge in [-0.15, -0.1) is 0 Å². The minimum Gasteiger partial charge on any atom is -0.380 e. The molecular weight excluding hydrogens is 178 g/mol. The third-order valence-corrected chi connectivity index (χ3v) is 2.28. The van der Waals surface area contributed by atoms with Gasteiger partial charge in [-0.25, -0.2) is 4.99 Å². The molecular formula is C10H21N3O. The van der Waals surface area contributed by atoms with E-state index >= 15 is 0 Å². The van der Waals surface area contributed by atoms with Crippen molar-refractivity contribution < 1.29 is 4.74 Å². The van der Waals surface area contributed by atoms with Gasteiger partial charge in [0.2, 0.25) is 0 Å². The van der Waals surface area contributed by atoms with Crippen LogP contribution in [0.2, 0.25) is 0 Å². The Morgan fingerprint density at radius 1 is 1.50 bits per heavy atom. The van der Waals surface area contributed by atoms with Crippen LogP contribution in [-0.4, -0.2) is 43.2 Å². The Morgan fingerprint density at radius 2 is 2.21 bits per heavy atom. The molecule has 1 rings (SSSR count). The van der Waals surface area contributed by atoms with Crippen molar-refractivity contribution in [3.8, 4) is 0 Å². The highest BCUT2D eigenvalue weighted by molar-refractivity contribution is 5.78. The normalized spacial score (nSPS) is 17.1. The molecule has 14 heavy (non-hydrogen) atoms. The first-order chi connectivity index (χ1) is 6.77. The van der Waals surface area contributed by atoms with E-state index in [2.05, 4.69) is 16.8 Å². The van der Waals surface area contributed by atoms with Crippen molar-refractivity contribution in [1.29, 1.82) is 0 Å². The zero-order valence-corrected chi connectivity index (χ0v) is 9.20. The second-order valence-corrected chi connectivity index (χ2v) is 3.50. The molecule has 0 saturated heterocycles. The number of likely N-dealkylation sites (N-methyl/N-ethyl adjacent to an activating group) is 1. The van der Waals surface area contributed by atoms with Crippen LogP contribution in [0.4, 0.5) is 0 Å². The van der Waals surface area contributed by atoms with Gasteiger partial charge in [-0.1, -0.05) is 0 Å². The summed E-state index contributed by atoms with van der Waals surface area (Å²) in [7, 11) is 0. The van der Waals surface area contributed by atoms with Crippen molar-refractivity contribution in [2.24, 2.45) is 10.7 Å². The van der Waals surface area contributed by atoms with Crippen molar-refractivity contribution >= 4 is 5.96 Å². The highest BCUT2D eigenvalue weighted by Crippen LogP contribution is 2.23. The predicted molar refractivity (Wildman–Crippen MR) is 58.4 cm³/mol. The topological polar surface area (TPSA) is 50.9 Å². The summed E-state index contributed by atoms with van der Waals surface area (Å²) in [6.07, 6.45) is 2.40. The van der Waals surface area contributed by atoms with E-state index < -0.39 is 0 Å². The average Bonchev–Trinajstić information content (AvgIpc) is 2.96. The number of ether oxygens (including phenoxy) is 1. The molecule has 0 radical (unpaired) electrons. The lowest BCUT2D eigenvalue weighted by atomic mass is 10.5. The van der Waals surface area contributed by atoms with Gasteiger partial charge in [0, 0.05) is 19.7 Å². The summed E-state index contributed by atoms with van der Waals surface area (Å²) in [5, 5.41) is 0. The number of hydrogen-bond donors (Lipinski definition) is 1. The van der Waals surface area contributed by atoms with E-state index in [4.69, 9.17) is 10.5 Å². The third kappa shape index (κ3) is 3.96. The lowest BCUT2D eigenvalue weighted by Crippen LogP contribution is -2.39. The number of rotatable bonds is 6. The molecule has 0 spiro atoms. The third-order valence-electron chi connectivity index (χ3n) is 2.28. The van der Waals surface area contributed by atoms with Gasteiger partial charge in [-0.2, -0.15) is 0 Å². The quantitative estimate of drug-likeness (QED) is 0.391. The fourth-order valence-electron chi connectivity index (χ4n) is 1.23. The summed E-state index contributed by atoms with van der Waals surface area (Å²) in [5.41, 5.74) is 5.87. The van der Waals surface area contributed by atoms with Crippen LogP contribution in [0.1, 0.15) is 26.7 Å². The van der Waals surface area contributed by atoms with E-state index in [1.54, 1.807) is 0 Å². The van der Waals surface area contributed by atoms with Crippen LogP contribution in [0, 0.1) is 0 Å². The second kappa shape index (κ2) is 5.86. The second-order valence-electron chi connectivity index (χ2n) is 3.50. The fourth-order valence-corrected chi connectivity index (χ4v) is 1.23. The van der Waals surface area contributed by atoms with E-state index in [1.165, 1.54) is 12.8 Å². The number of hydrogen-bond acceptors (Lipinski definition) is 2. The minimum absolute atomic E-state index is 0.496. The Hall–Kier alpha value is -0.770. The number of aliphatic imine (C=N–C) groups is 1. The first-order valence-corrected chi connectivity index (χ1v) is 5.43. The molecule has 2 N–H and O–H groups in total. The zero-order valence-electron chi connectivity index (χ0n) is 9.20. The standard InChI is InChI=1S/C10H21N3O/c1-3-13(7-8-14-4-2)10(11)12-9-5-6-9/h9H,3-8H2,1-2H3,(H2,11,12). The van der Waals surface area contributed by atoms with E-state index in [1.807, 2.05) is 6.92 Å². The van der Waals surface area contributed by atoms with Gasteiger partial charge in [-0.05, 0) is 26.7 Å². The molecule has 0 heterocycles. The Balaban J connectivity index is 2.27. The first kappa shape index (κ1) is 11.3. The average molecular weight is 199 g/mol. The number of nitrogens with two attached hydrogens (primary N) is 1. The summed E-state index contributed by atoms with van der Waals surface area (Å²) >= 11 is 0. The fraction of sp³-hybridized carbons (Fsp3) is 0.900. The minimum atomic E-state index is 0.496. The van der Waals surface area contributed by atoms with Crippen LogP contribution in [0.25, 0.3) is 0 Å². The molecule has 1 aliphatic rings. The molecule has 0 amide bonds. The summed E-state index contributed by atoms with van der Waals surface area (Å²) in [6.45, 7) is 7.31. The largest absolute Gasteiger partial charge is 0.380 e. The maximum absolute atomic E-state index is 5.87. The van der Waals surface area contributed by atoms with E-state index in [0.717, 1.165) is 26.3 Å². The van der Waals surface area contributed by atoms with Crippen LogP contribution >= 0.6 is 0 Å². The van der Waals surface area contributed by atoms with Crippen molar-refractivity contribution in [3.05, 3.63) is 0 Å². The van der Waals surface area contributed by atoms with E-state index in [0.29, 0.717) is 12.0 Å². The maximum atomic E-state index is 5.87.